The van der Waals surface area contributed by atoms with Crippen molar-refractivity contribution in [3.63, 3.8) is 0 Å². The highest BCUT2D eigenvalue weighted by molar-refractivity contribution is 7.18. The van der Waals surface area contributed by atoms with E-state index in [-0.39, 0.29) is 18.2 Å². The standard InChI is InChI=1S/C20H21N7O2S/c1-3-14(9-21)23-17(28)7-18-25-26-19(29-18)8-20-24-15-5-4-12(6-16(15)30-20)13-10-22-27(2)11-13/h4-6,10,13-14H,3,7-8,11H2,1-2H3,(H,23,28). The fourth-order valence-corrected chi connectivity index (χ4v) is 4.24. The van der Waals surface area contributed by atoms with Crippen molar-refractivity contribution in [2.24, 2.45) is 5.10 Å². The normalized spacial score (nSPS) is 16.7. The average Bonchev–Trinajstić information content (AvgIpc) is 3.45. The van der Waals surface area contributed by atoms with Crippen molar-refractivity contribution in [2.75, 3.05) is 13.6 Å². The number of likely N-dealkylation sites (N-methyl/N-ethyl adjacent to an activating group) is 1. The third-order valence-electron chi connectivity index (χ3n) is 4.81. The minimum absolute atomic E-state index is 0.0498. The molecule has 1 amide bonds. The Morgan fingerprint density at radius 1 is 1.43 bits per heavy atom. The lowest BCUT2D eigenvalue weighted by atomic mass is 10.0. The van der Waals surface area contributed by atoms with E-state index in [4.69, 9.17) is 9.68 Å². The van der Waals surface area contributed by atoms with Gasteiger partial charge in [0.1, 0.15) is 17.5 Å². The Bertz CT molecular complexity index is 1130. The first-order valence-corrected chi connectivity index (χ1v) is 10.5. The van der Waals surface area contributed by atoms with E-state index in [9.17, 15) is 4.79 Å². The zero-order chi connectivity index (χ0) is 21.1. The van der Waals surface area contributed by atoms with Crippen LogP contribution in [0.15, 0.2) is 27.7 Å². The number of thiazole rings is 1. The molecule has 0 bridgehead atoms. The molecule has 154 valence electrons. The number of aromatic nitrogens is 3. The van der Waals surface area contributed by atoms with Crippen LogP contribution in [0.3, 0.4) is 0 Å². The fraction of sp³-hybridized carbons (Fsp3) is 0.400. The predicted molar refractivity (Wildman–Crippen MR) is 112 cm³/mol. The van der Waals surface area contributed by atoms with E-state index < -0.39 is 6.04 Å². The number of hydrogen-bond acceptors (Lipinski definition) is 9. The van der Waals surface area contributed by atoms with Crippen molar-refractivity contribution in [2.45, 2.75) is 38.1 Å². The van der Waals surface area contributed by atoms with Gasteiger partial charge in [-0.25, -0.2) is 4.98 Å². The summed E-state index contributed by atoms with van der Waals surface area (Å²) in [5.41, 5.74) is 2.16. The number of fused-ring (bicyclic) bond motifs is 1. The molecule has 0 radical (unpaired) electrons. The molecule has 1 aliphatic rings. The van der Waals surface area contributed by atoms with Gasteiger partial charge in [0.15, 0.2) is 0 Å². The van der Waals surface area contributed by atoms with Crippen LogP contribution >= 0.6 is 11.3 Å². The highest BCUT2D eigenvalue weighted by atomic mass is 32.1. The number of amides is 1. The van der Waals surface area contributed by atoms with Gasteiger partial charge in [0.05, 0.1) is 22.7 Å². The molecule has 30 heavy (non-hydrogen) atoms. The van der Waals surface area contributed by atoms with E-state index >= 15 is 0 Å². The van der Waals surface area contributed by atoms with E-state index in [0.717, 1.165) is 21.8 Å². The number of rotatable bonds is 7. The quantitative estimate of drug-likeness (QED) is 0.619. The van der Waals surface area contributed by atoms with Crippen LogP contribution in [-0.2, 0) is 17.6 Å². The van der Waals surface area contributed by atoms with Gasteiger partial charge in [-0.15, -0.1) is 21.5 Å². The average molecular weight is 424 g/mol. The Morgan fingerprint density at radius 2 is 2.27 bits per heavy atom. The van der Waals surface area contributed by atoms with Gasteiger partial charge in [-0.05, 0) is 24.1 Å². The number of carbonyl (C=O) groups is 1. The smallest absolute Gasteiger partial charge is 0.230 e. The molecule has 0 saturated heterocycles. The van der Waals surface area contributed by atoms with Crippen LogP contribution in [0.5, 0.6) is 0 Å². The van der Waals surface area contributed by atoms with Gasteiger partial charge in [0, 0.05) is 25.7 Å². The highest BCUT2D eigenvalue weighted by Gasteiger charge is 2.19. The second kappa shape index (κ2) is 8.59. The highest BCUT2D eigenvalue weighted by Crippen LogP contribution is 2.28. The van der Waals surface area contributed by atoms with Crippen LogP contribution in [-0.4, -0.2) is 51.9 Å². The second-order valence-electron chi connectivity index (χ2n) is 7.15. The van der Waals surface area contributed by atoms with E-state index in [0.29, 0.717) is 24.7 Å². The van der Waals surface area contributed by atoms with Gasteiger partial charge in [0.25, 0.3) is 0 Å². The van der Waals surface area contributed by atoms with Crippen LogP contribution in [0.1, 0.15) is 41.6 Å². The number of carbonyl (C=O) groups excluding carboxylic acids is 1. The summed E-state index contributed by atoms with van der Waals surface area (Å²) in [6.07, 6.45) is 2.87. The molecule has 3 aromatic rings. The van der Waals surface area contributed by atoms with Crippen LogP contribution in [0, 0.1) is 11.3 Å². The van der Waals surface area contributed by atoms with Gasteiger partial charge < -0.3 is 9.73 Å². The molecule has 0 aliphatic carbocycles. The van der Waals surface area contributed by atoms with Gasteiger partial charge in [-0.1, -0.05) is 13.0 Å². The van der Waals surface area contributed by atoms with Crippen molar-refractivity contribution in [1.82, 2.24) is 25.5 Å². The van der Waals surface area contributed by atoms with Crippen molar-refractivity contribution >= 4 is 33.7 Å². The summed E-state index contributed by atoms with van der Waals surface area (Å²) in [5, 5.41) is 26.6. The lowest BCUT2D eigenvalue weighted by molar-refractivity contribution is -0.121. The first kappa shape index (κ1) is 20.0. The third-order valence-corrected chi connectivity index (χ3v) is 5.83. The van der Waals surface area contributed by atoms with Crippen LogP contribution in [0.2, 0.25) is 0 Å². The summed E-state index contributed by atoms with van der Waals surface area (Å²) in [4.78, 5) is 16.6. The topological polar surface area (TPSA) is 120 Å². The Labute approximate surface area is 177 Å². The molecule has 2 atom stereocenters. The number of nitrogens with zero attached hydrogens (tertiary/aromatic N) is 6. The summed E-state index contributed by atoms with van der Waals surface area (Å²) < 4.78 is 6.70. The molecule has 3 heterocycles. The second-order valence-corrected chi connectivity index (χ2v) is 8.26. The van der Waals surface area contributed by atoms with Crippen LogP contribution in [0.4, 0.5) is 0 Å². The molecule has 10 heteroatoms. The summed E-state index contributed by atoms with van der Waals surface area (Å²) in [6.45, 7) is 2.71. The molecule has 2 unspecified atom stereocenters. The third kappa shape index (κ3) is 4.46. The van der Waals surface area contributed by atoms with E-state index in [1.54, 1.807) is 11.3 Å². The Balaban J connectivity index is 1.41. The Hall–Kier alpha value is -3.32. The van der Waals surface area contributed by atoms with E-state index in [1.165, 1.54) is 5.56 Å². The predicted octanol–water partition coefficient (Wildman–Crippen LogP) is 2.25. The van der Waals surface area contributed by atoms with Crippen molar-refractivity contribution in [1.29, 1.82) is 5.26 Å². The Morgan fingerprint density at radius 3 is 3.00 bits per heavy atom. The fourth-order valence-electron chi connectivity index (χ4n) is 3.23. The van der Waals surface area contributed by atoms with Crippen molar-refractivity contribution < 1.29 is 9.21 Å². The van der Waals surface area contributed by atoms with Crippen LogP contribution in [0.25, 0.3) is 10.2 Å². The maximum Gasteiger partial charge on any atom is 0.230 e. The summed E-state index contributed by atoms with van der Waals surface area (Å²) in [7, 11) is 1.97. The van der Waals surface area contributed by atoms with Crippen molar-refractivity contribution in [3.05, 3.63) is 40.6 Å². The maximum absolute atomic E-state index is 12.0. The molecule has 1 aromatic carbocycles. The monoisotopic (exact) mass is 423 g/mol. The first-order valence-electron chi connectivity index (χ1n) is 9.69. The molecule has 4 rings (SSSR count). The molecule has 1 aliphatic heterocycles. The summed E-state index contributed by atoms with van der Waals surface area (Å²) in [6, 6.07) is 7.80. The molecular weight excluding hydrogens is 402 g/mol. The van der Waals surface area contributed by atoms with Gasteiger partial charge >= 0.3 is 0 Å². The number of hydrazone groups is 1. The summed E-state index contributed by atoms with van der Waals surface area (Å²) in [5.74, 6) is 0.618. The zero-order valence-electron chi connectivity index (χ0n) is 16.7. The lowest BCUT2D eigenvalue weighted by Crippen LogP contribution is -2.34. The minimum atomic E-state index is -0.511. The van der Waals surface area contributed by atoms with Gasteiger partial charge in [-0.2, -0.15) is 10.4 Å². The number of hydrogen-bond donors (Lipinski definition) is 1. The minimum Gasteiger partial charge on any atom is -0.424 e. The maximum atomic E-state index is 12.0. The first-order chi connectivity index (χ1) is 14.5. The Kier molecular flexibility index (Phi) is 5.72. The van der Waals surface area contributed by atoms with Crippen molar-refractivity contribution in [3.8, 4) is 6.07 Å². The van der Waals surface area contributed by atoms with Gasteiger partial charge in [-0.3, -0.25) is 9.80 Å². The van der Waals surface area contributed by atoms with E-state index in [2.05, 4.69) is 37.7 Å². The largest absolute Gasteiger partial charge is 0.424 e. The number of nitrogens with one attached hydrogen (secondary N) is 1. The molecular formula is C20H21N7O2S. The molecule has 0 saturated carbocycles. The molecule has 1 N–H and O–H groups in total. The molecule has 9 nitrogen and oxygen atoms in total. The summed E-state index contributed by atoms with van der Waals surface area (Å²) >= 11 is 1.59. The number of nitriles is 1. The van der Waals surface area contributed by atoms with E-state index in [1.807, 2.05) is 37.3 Å². The zero-order valence-corrected chi connectivity index (χ0v) is 17.5. The molecule has 2 aromatic heterocycles. The molecule has 0 spiro atoms. The van der Waals surface area contributed by atoms with Gasteiger partial charge in [0.2, 0.25) is 17.7 Å². The van der Waals surface area contributed by atoms with Crippen LogP contribution < -0.4 is 5.32 Å². The SMILES string of the molecule is CCC(C#N)NC(=O)Cc1nnc(Cc2nc3ccc(C4C=NN(C)C4)cc3s2)o1. The lowest BCUT2D eigenvalue weighted by Gasteiger charge is -2.09. The number of benzene rings is 1. The molecule has 0 fully saturated rings.